The lowest BCUT2D eigenvalue weighted by molar-refractivity contribution is 0.256. The second kappa shape index (κ2) is 6.21. The molecule has 0 saturated carbocycles. The fourth-order valence-electron chi connectivity index (χ4n) is 1.47. The molecule has 0 aliphatic heterocycles. The molecule has 102 valence electrons. The Kier molecular flexibility index (Phi) is 5.18. The fourth-order valence-corrected chi connectivity index (χ4v) is 2.87. The third-order valence-corrected chi connectivity index (χ3v) is 4.00. The standard InChI is InChI=1S/C11H17FN2O3S/c1-8(2)11(3-4-15)14-18(16,17)10-5-9(12)6-13-7-10/h5-8,11,14-15H,3-4H2,1-2H3. The van der Waals surface area contributed by atoms with Gasteiger partial charge in [-0.1, -0.05) is 13.8 Å². The minimum Gasteiger partial charge on any atom is -0.396 e. The second-order valence-corrected chi connectivity index (χ2v) is 6.04. The Hall–Kier alpha value is -1.05. The molecule has 5 nitrogen and oxygen atoms in total. The SMILES string of the molecule is CC(C)C(CCO)NS(=O)(=O)c1cncc(F)c1. The summed E-state index contributed by atoms with van der Waals surface area (Å²) < 4.78 is 39.3. The number of halogens is 1. The number of nitrogens with one attached hydrogen (secondary N) is 1. The monoisotopic (exact) mass is 276 g/mol. The molecule has 0 radical (unpaired) electrons. The van der Waals surface area contributed by atoms with Crippen molar-refractivity contribution in [2.75, 3.05) is 6.61 Å². The molecule has 0 aromatic carbocycles. The van der Waals surface area contributed by atoms with Crippen molar-refractivity contribution in [1.29, 1.82) is 0 Å². The Morgan fingerprint density at radius 1 is 1.44 bits per heavy atom. The maximum Gasteiger partial charge on any atom is 0.242 e. The van der Waals surface area contributed by atoms with Crippen LogP contribution < -0.4 is 4.72 Å². The predicted octanol–water partition coefficient (Wildman–Crippen LogP) is 0.906. The molecule has 0 fully saturated rings. The average Bonchev–Trinajstić information content (AvgIpc) is 2.28. The third-order valence-electron chi connectivity index (χ3n) is 2.54. The number of hydrogen-bond acceptors (Lipinski definition) is 4. The van der Waals surface area contributed by atoms with Gasteiger partial charge in [0.2, 0.25) is 10.0 Å². The topological polar surface area (TPSA) is 79.3 Å². The first kappa shape index (κ1) is 15.0. The predicted molar refractivity (Wildman–Crippen MR) is 64.8 cm³/mol. The largest absolute Gasteiger partial charge is 0.396 e. The first-order valence-electron chi connectivity index (χ1n) is 5.60. The molecule has 18 heavy (non-hydrogen) atoms. The summed E-state index contributed by atoms with van der Waals surface area (Å²) in [6.45, 7) is 3.56. The molecule has 1 heterocycles. The van der Waals surface area contributed by atoms with Crippen molar-refractivity contribution in [2.24, 2.45) is 5.92 Å². The number of aliphatic hydroxyl groups excluding tert-OH is 1. The zero-order valence-electron chi connectivity index (χ0n) is 10.3. The summed E-state index contributed by atoms with van der Waals surface area (Å²) >= 11 is 0. The van der Waals surface area contributed by atoms with E-state index < -0.39 is 21.9 Å². The number of aliphatic hydroxyl groups is 1. The summed E-state index contributed by atoms with van der Waals surface area (Å²) in [6, 6.07) is 0.509. The van der Waals surface area contributed by atoms with E-state index in [4.69, 9.17) is 5.11 Å². The van der Waals surface area contributed by atoms with Gasteiger partial charge in [-0.3, -0.25) is 4.98 Å². The van der Waals surface area contributed by atoms with Crippen LogP contribution in [0, 0.1) is 11.7 Å². The third kappa shape index (κ3) is 4.01. The van der Waals surface area contributed by atoms with Crippen LogP contribution in [0.2, 0.25) is 0 Å². The van der Waals surface area contributed by atoms with Crippen molar-refractivity contribution in [2.45, 2.75) is 31.2 Å². The molecule has 0 amide bonds. The highest BCUT2D eigenvalue weighted by Gasteiger charge is 2.22. The Labute approximate surface area is 106 Å². The number of nitrogens with zero attached hydrogens (tertiary/aromatic N) is 1. The molecule has 0 aliphatic rings. The van der Waals surface area contributed by atoms with E-state index in [-0.39, 0.29) is 17.4 Å². The average molecular weight is 276 g/mol. The first-order valence-corrected chi connectivity index (χ1v) is 7.09. The second-order valence-electron chi connectivity index (χ2n) is 4.32. The minimum absolute atomic E-state index is 0.0217. The van der Waals surface area contributed by atoms with E-state index in [1.54, 1.807) is 0 Å². The Bertz CT molecular complexity index is 491. The van der Waals surface area contributed by atoms with Crippen LogP contribution in [0.4, 0.5) is 4.39 Å². The van der Waals surface area contributed by atoms with Crippen molar-refractivity contribution >= 4 is 10.0 Å². The summed E-state index contributed by atoms with van der Waals surface area (Å²) in [6.07, 6.45) is 2.33. The molecule has 0 aliphatic carbocycles. The molecule has 0 saturated heterocycles. The van der Waals surface area contributed by atoms with Crippen LogP contribution in [-0.4, -0.2) is 31.2 Å². The number of hydrogen-bond donors (Lipinski definition) is 2. The van der Waals surface area contributed by atoms with Crippen molar-refractivity contribution in [3.63, 3.8) is 0 Å². The van der Waals surface area contributed by atoms with Crippen LogP contribution in [0.15, 0.2) is 23.4 Å². The van der Waals surface area contributed by atoms with Crippen LogP contribution in [0.25, 0.3) is 0 Å². The lowest BCUT2D eigenvalue weighted by Crippen LogP contribution is -2.39. The van der Waals surface area contributed by atoms with Gasteiger partial charge in [-0.2, -0.15) is 0 Å². The molecular formula is C11H17FN2O3S. The highest BCUT2D eigenvalue weighted by Crippen LogP contribution is 2.13. The van der Waals surface area contributed by atoms with E-state index >= 15 is 0 Å². The molecule has 1 atom stereocenters. The van der Waals surface area contributed by atoms with Crippen LogP contribution in [-0.2, 0) is 10.0 Å². The van der Waals surface area contributed by atoms with Gasteiger partial charge in [0.05, 0.1) is 6.20 Å². The quantitative estimate of drug-likeness (QED) is 0.809. The van der Waals surface area contributed by atoms with E-state index in [0.717, 1.165) is 18.5 Å². The Morgan fingerprint density at radius 2 is 2.11 bits per heavy atom. The van der Waals surface area contributed by atoms with Gasteiger partial charge in [0.25, 0.3) is 0 Å². The van der Waals surface area contributed by atoms with Crippen LogP contribution >= 0.6 is 0 Å². The van der Waals surface area contributed by atoms with Gasteiger partial charge < -0.3 is 5.11 Å². The van der Waals surface area contributed by atoms with Gasteiger partial charge >= 0.3 is 0 Å². The number of rotatable bonds is 6. The van der Waals surface area contributed by atoms with E-state index in [1.807, 2.05) is 13.8 Å². The van der Waals surface area contributed by atoms with Crippen molar-refractivity contribution in [1.82, 2.24) is 9.71 Å². The maximum absolute atomic E-state index is 12.9. The zero-order chi connectivity index (χ0) is 13.8. The molecular weight excluding hydrogens is 259 g/mol. The molecule has 1 unspecified atom stereocenters. The normalized spacial score (nSPS) is 13.8. The van der Waals surface area contributed by atoms with Crippen LogP contribution in [0.3, 0.4) is 0 Å². The summed E-state index contributed by atoms with van der Waals surface area (Å²) in [4.78, 5) is 3.29. The van der Waals surface area contributed by atoms with E-state index in [1.165, 1.54) is 0 Å². The maximum atomic E-state index is 12.9. The summed E-state index contributed by atoms with van der Waals surface area (Å²) in [5.74, 6) is -0.686. The van der Waals surface area contributed by atoms with Crippen molar-refractivity contribution in [3.8, 4) is 0 Å². The van der Waals surface area contributed by atoms with Gasteiger partial charge in [0, 0.05) is 18.8 Å². The number of sulfonamides is 1. The Morgan fingerprint density at radius 3 is 2.61 bits per heavy atom. The van der Waals surface area contributed by atoms with Gasteiger partial charge in [-0.15, -0.1) is 0 Å². The molecule has 0 bridgehead atoms. The Balaban J connectivity index is 2.93. The van der Waals surface area contributed by atoms with Crippen LogP contribution in [0.1, 0.15) is 20.3 Å². The zero-order valence-corrected chi connectivity index (χ0v) is 11.1. The van der Waals surface area contributed by atoms with Gasteiger partial charge in [-0.05, 0) is 18.4 Å². The molecule has 1 aromatic rings. The molecule has 7 heteroatoms. The highest BCUT2D eigenvalue weighted by atomic mass is 32.2. The minimum atomic E-state index is -3.81. The van der Waals surface area contributed by atoms with Gasteiger partial charge in [-0.25, -0.2) is 17.5 Å². The van der Waals surface area contributed by atoms with Gasteiger partial charge in [0.15, 0.2) is 0 Å². The highest BCUT2D eigenvalue weighted by molar-refractivity contribution is 7.89. The van der Waals surface area contributed by atoms with Crippen molar-refractivity contribution in [3.05, 3.63) is 24.3 Å². The summed E-state index contributed by atoms with van der Waals surface area (Å²) in [7, 11) is -3.81. The fraction of sp³-hybridized carbons (Fsp3) is 0.545. The van der Waals surface area contributed by atoms with E-state index in [0.29, 0.717) is 6.42 Å². The molecule has 0 spiro atoms. The van der Waals surface area contributed by atoms with E-state index in [9.17, 15) is 12.8 Å². The van der Waals surface area contributed by atoms with Gasteiger partial charge in [0.1, 0.15) is 10.7 Å². The first-order chi connectivity index (χ1) is 8.36. The number of aromatic nitrogens is 1. The smallest absolute Gasteiger partial charge is 0.242 e. The summed E-state index contributed by atoms with van der Waals surface area (Å²) in [5, 5.41) is 8.89. The van der Waals surface area contributed by atoms with E-state index in [2.05, 4.69) is 9.71 Å². The molecule has 2 N–H and O–H groups in total. The summed E-state index contributed by atoms with van der Waals surface area (Å²) in [5.41, 5.74) is 0. The lowest BCUT2D eigenvalue weighted by atomic mass is 10.0. The van der Waals surface area contributed by atoms with Crippen molar-refractivity contribution < 1.29 is 17.9 Å². The molecule has 1 rings (SSSR count). The molecule has 1 aromatic heterocycles. The van der Waals surface area contributed by atoms with Crippen LogP contribution in [0.5, 0.6) is 0 Å². The lowest BCUT2D eigenvalue weighted by Gasteiger charge is -2.21. The number of pyridine rings is 1.